The van der Waals surface area contributed by atoms with Crippen molar-refractivity contribution in [2.24, 2.45) is 0 Å². The number of benzene rings is 1. The second-order valence-electron chi connectivity index (χ2n) is 5.45. The van der Waals surface area contributed by atoms with Gasteiger partial charge in [-0.2, -0.15) is 0 Å². The van der Waals surface area contributed by atoms with E-state index in [1.807, 2.05) is 45.0 Å². The molecule has 2 aromatic rings. The Morgan fingerprint density at radius 3 is 2.25 bits per heavy atom. The maximum atomic E-state index is 12.2. The first-order valence-corrected chi connectivity index (χ1v) is 7.50. The summed E-state index contributed by atoms with van der Waals surface area (Å²) in [6, 6.07) is 7.17. The standard InChI is InChI=1S/C17H22N4O3/c1-11-16(12(2)19-17(18-11)21(3)4)20-15(22)10-24-14-9-7-6-8-13(14)23-5/h6-9H,10H2,1-5H3,(H,20,22). The molecule has 0 fully saturated rings. The predicted octanol–water partition coefficient (Wildman–Crippen LogP) is 2.19. The first kappa shape index (κ1) is 17.5. The van der Waals surface area contributed by atoms with Gasteiger partial charge in [-0.1, -0.05) is 12.1 Å². The van der Waals surface area contributed by atoms with E-state index >= 15 is 0 Å². The van der Waals surface area contributed by atoms with E-state index in [1.165, 1.54) is 0 Å². The minimum Gasteiger partial charge on any atom is -0.493 e. The summed E-state index contributed by atoms with van der Waals surface area (Å²) in [4.78, 5) is 22.7. The van der Waals surface area contributed by atoms with Gasteiger partial charge in [-0.3, -0.25) is 4.79 Å². The Morgan fingerprint density at radius 1 is 1.12 bits per heavy atom. The molecular weight excluding hydrogens is 308 g/mol. The summed E-state index contributed by atoms with van der Waals surface area (Å²) in [6.07, 6.45) is 0. The van der Waals surface area contributed by atoms with Crippen LogP contribution in [0.5, 0.6) is 11.5 Å². The quantitative estimate of drug-likeness (QED) is 0.875. The molecule has 1 N–H and O–H groups in total. The van der Waals surface area contributed by atoms with Crippen molar-refractivity contribution in [1.82, 2.24) is 9.97 Å². The zero-order valence-electron chi connectivity index (χ0n) is 14.6. The van der Waals surface area contributed by atoms with E-state index in [-0.39, 0.29) is 12.5 Å². The molecule has 0 spiro atoms. The zero-order valence-corrected chi connectivity index (χ0v) is 14.6. The lowest BCUT2D eigenvalue weighted by Crippen LogP contribution is -2.23. The number of aryl methyl sites for hydroxylation is 2. The van der Waals surface area contributed by atoms with Gasteiger partial charge in [0.15, 0.2) is 18.1 Å². The van der Waals surface area contributed by atoms with E-state index in [0.717, 1.165) is 0 Å². The van der Waals surface area contributed by atoms with Crippen molar-refractivity contribution >= 4 is 17.5 Å². The number of rotatable bonds is 6. The molecular formula is C17H22N4O3. The van der Waals surface area contributed by atoms with Crippen molar-refractivity contribution in [3.63, 3.8) is 0 Å². The Kier molecular flexibility index (Phi) is 5.57. The van der Waals surface area contributed by atoms with Crippen molar-refractivity contribution in [3.05, 3.63) is 35.7 Å². The SMILES string of the molecule is COc1ccccc1OCC(=O)Nc1c(C)nc(N(C)C)nc1C. The molecule has 0 radical (unpaired) electrons. The van der Waals surface area contributed by atoms with E-state index < -0.39 is 0 Å². The lowest BCUT2D eigenvalue weighted by molar-refractivity contribution is -0.118. The molecule has 1 amide bonds. The minimum absolute atomic E-state index is 0.130. The maximum Gasteiger partial charge on any atom is 0.262 e. The number of methoxy groups -OCH3 is 1. The molecule has 0 unspecified atom stereocenters. The van der Waals surface area contributed by atoms with Gasteiger partial charge in [0, 0.05) is 14.1 Å². The third-order valence-corrected chi connectivity index (χ3v) is 3.35. The monoisotopic (exact) mass is 330 g/mol. The van der Waals surface area contributed by atoms with E-state index in [0.29, 0.717) is 34.5 Å². The van der Waals surface area contributed by atoms with Crippen LogP contribution in [0.4, 0.5) is 11.6 Å². The van der Waals surface area contributed by atoms with Crippen LogP contribution >= 0.6 is 0 Å². The first-order valence-electron chi connectivity index (χ1n) is 7.50. The van der Waals surface area contributed by atoms with Gasteiger partial charge in [-0.25, -0.2) is 9.97 Å². The lowest BCUT2D eigenvalue weighted by Gasteiger charge is -2.16. The molecule has 0 saturated carbocycles. The molecule has 1 aromatic carbocycles. The highest BCUT2D eigenvalue weighted by molar-refractivity contribution is 5.93. The van der Waals surface area contributed by atoms with Crippen LogP contribution in [0.3, 0.4) is 0 Å². The number of nitrogens with one attached hydrogen (secondary N) is 1. The van der Waals surface area contributed by atoms with Crippen molar-refractivity contribution in [1.29, 1.82) is 0 Å². The summed E-state index contributed by atoms with van der Waals surface area (Å²) >= 11 is 0. The van der Waals surface area contributed by atoms with Gasteiger partial charge in [-0.05, 0) is 26.0 Å². The van der Waals surface area contributed by atoms with E-state index in [1.54, 1.807) is 19.2 Å². The molecule has 128 valence electrons. The fourth-order valence-corrected chi connectivity index (χ4v) is 2.14. The van der Waals surface area contributed by atoms with Crippen LogP contribution in [0.25, 0.3) is 0 Å². The van der Waals surface area contributed by atoms with E-state index in [2.05, 4.69) is 15.3 Å². The van der Waals surface area contributed by atoms with Crippen LogP contribution in [-0.4, -0.2) is 43.7 Å². The fourth-order valence-electron chi connectivity index (χ4n) is 2.14. The van der Waals surface area contributed by atoms with Crippen molar-refractivity contribution in [3.8, 4) is 11.5 Å². The second-order valence-corrected chi connectivity index (χ2v) is 5.45. The Balaban J connectivity index is 2.05. The molecule has 0 bridgehead atoms. The lowest BCUT2D eigenvalue weighted by atomic mass is 10.3. The van der Waals surface area contributed by atoms with Gasteiger partial charge < -0.3 is 19.7 Å². The number of aromatic nitrogens is 2. The molecule has 7 nitrogen and oxygen atoms in total. The fraction of sp³-hybridized carbons (Fsp3) is 0.353. The average Bonchev–Trinajstić information content (AvgIpc) is 2.56. The largest absolute Gasteiger partial charge is 0.493 e. The topological polar surface area (TPSA) is 76.6 Å². The van der Waals surface area contributed by atoms with Gasteiger partial charge in [-0.15, -0.1) is 0 Å². The van der Waals surface area contributed by atoms with Crippen molar-refractivity contribution < 1.29 is 14.3 Å². The summed E-state index contributed by atoms with van der Waals surface area (Å²) < 4.78 is 10.7. The number of hydrogen-bond donors (Lipinski definition) is 1. The molecule has 7 heteroatoms. The number of amides is 1. The highest BCUT2D eigenvalue weighted by Crippen LogP contribution is 2.26. The molecule has 0 atom stereocenters. The van der Waals surface area contributed by atoms with Gasteiger partial charge in [0.05, 0.1) is 24.2 Å². The first-order chi connectivity index (χ1) is 11.4. The Bertz CT molecular complexity index is 709. The summed E-state index contributed by atoms with van der Waals surface area (Å²) in [5.74, 6) is 1.42. The second kappa shape index (κ2) is 7.63. The number of ether oxygens (including phenoxy) is 2. The van der Waals surface area contributed by atoms with E-state index in [4.69, 9.17) is 9.47 Å². The number of carbonyl (C=O) groups excluding carboxylic acids is 1. The number of carbonyl (C=O) groups is 1. The highest BCUT2D eigenvalue weighted by Gasteiger charge is 2.13. The summed E-state index contributed by atoms with van der Waals surface area (Å²) in [6.45, 7) is 3.53. The summed E-state index contributed by atoms with van der Waals surface area (Å²) in [5, 5.41) is 2.80. The zero-order chi connectivity index (χ0) is 17.7. The molecule has 1 aromatic heterocycles. The number of para-hydroxylation sites is 2. The molecule has 1 heterocycles. The van der Waals surface area contributed by atoms with Crippen LogP contribution in [0.15, 0.2) is 24.3 Å². The van der Waals surface area contributed by atoms with Gasteiger partial charge in [0.2, 0.25) is 5.95 Å². The summed E-state index contributed by atoms with van der Waals surface area (Å²) in [7, 11) is 5.29. The molecule has 2 rings (SSSR count). The van der Waals surface area contributed by atoms with Crippen LogP contribution in [0, 0.1) is 13.8 Å². The average molecular weight is 330 g/mol. The van der Waals surface area contributed by atoms with Crippen LogP contribution in [0.1, 0.15) is 11.4 Å². The van der Waals surface area contributed by atoms with Crippen LogP contribution in [0.2, 0.25) is 0 Å². The van der Waals surface area contributed by atoms with Gasteiger partial charge in [0.25, 0.3) is 5.91 Å². The van der Waals surface area contributed by atoms with Crippen molar-refractivity contribution in [2.45, 2.75) is 13.8 Å². The van der Waals surface area contributed by atoms with Gasteiger partial charge >= 0.3 is 0 Å². The third kappa shape index (κ3) is 4.13. The molecule has 0 aliphatic rings. The van der Waals surface area contributed by atoms with E-state index in [9.17, 15) is 4.79 Å². The van der Waals surface area contributed by atoms with Crippen LogP contribution in [-0.2, 0) is 4.79 Å². The summed E-state index contributed by atoms with van der Waals surface area (Å²) in [5.41, 5.74) is 2.02. The molecule has 0 aliphatic carbocycles. The molecule has 0 saturated heterocycles. The third-order valence-electron chi connectivity index (χ3n) is 3.35. The minimum atomic E-state index is -0.284. The van der Waals surface area contributed by atoms with Gasteiger partial charge in [0.1, 0.15) is 0 Å². The van der Waals surface area contributed by atoms with Crippen LogP contribution < -0.4 is 19.7 Å². The smallest absolute Gasteiger partial charge is 0.262 e. The maximum absolute atomic E-state index is 12.2. The Morgan fingerprint density at radius 2 is 1.71 bits per heavy atom. The molecule has 0 aliphatic heterocycles. The normalized spacial score (nSPS) is 10.2. The Labute approximate surface area is 141 Å². The number of anilines is 2. The number of nitrogens with zero attached hydrogens (tertiary/aromatic N) is 3. The molecule has 24 heavy (non-hydrogen) atoms. The van der Waals surface area contributed by atoms with Crippen molar-refractivity contribution in [2.75, 3.05) is 38.0 Å². The predicted molar refractivity (Wildman–Crippen MR) is 93.0 cm³/mol. The Hall–Kier alpha value is -2.83. The number of hydrogen-bond acceptors (Lipinski definition) is 6. The highest BCUT2D eigenvalue weighted by atomic mass is 16.5.